The maximum atomic E-state index is 12.9. The Labute approximate surface area is 171 Å². The van der Waals surface area contributed by atoms with Crippen molar-refractivity contribution >= 4 is 29.2 Å². The molecule has 3 rings (SSSR count). The Kier molecular flexibility index (Phi) is 6.57. The smallest absolute Gasteiger partial charge is 0.317 e. The number of amides is 3. The van der Waals surface area contributed by atoms with Crippen LogP contribution < -0.4 is 10.6 Å². The molecule has 2 unspecified atom stereocenters. The van der Waals surface area contributed by atoms with Gasteiger partial charge in [0.15, 0.2) is 0 Å². The van der Waals surface area contributed by atoms with Gasteiger partial charge < -0.3 is 15.5 Å². The molecule has 2 atom stereocenters. The third-order valence-corrected chi connectivity index (χ3v) is 5.16. The lowest BCUT2D eigenvalue weighted by molar-refractivity contribution is -0.121. The summed E-state index contributed by atoms with van der Waals surface area (Å²) in [6, 6.07) is 17.0. The number of hydrogen-bond acceptors (Lipinski definition) is 2. The largest absolute Gasteiger partial charge is 0.336 e. The molecule has 148 valence electrons. The van der Waals surface area contributed by atoms with Crippen LogP contribution in [-0.2, 0) is 4.79 Å². The van der Waals surface area contributed by atoms with Crippen LogP contribution in [0, 0.1) is 5.92 Å². The van der Waals surface area contributed by atoms with Crippen LogP contribution >= 0.6 is 11.6 Å². The van der Waals surface area contributed by atoms with Gasteiger partial charge in [0, 0.05) is 35.8 Å². The highest BCUT2D eigenvalue weighted by Gasteiger charge is 2.34. The predicted molar refractivity (Wildman–Crippen MR) is 113 cm³/mol. The Balaban J connectivity index is 1.77. The minimum Gasteiger partial charge on any atom is -0.336 e. The number of anilines is 1. The summed E-state index contributed by atoms with van der Waals surface area (Å²) in [6.45, 7) is 4.87. The van der Waals surface area contributed by atoms with E-state index in [2.05, 4.69) is 22.8 Å². The second kappa shape index (κ2) is 9.11. The maximum Gasteiger partial charge on any atom is 0.317 e. The summed E-state index contributed by atoms with van der Waals surface area (Å²) >= 11 is 5.92. The van der Waals surface area contributed by atoms with E-state index in [1.54, 1.807) is 29.2 Å². The van der Waals surface area contributed by atoms with Crippen LogP contribution in [0.3, 0.4) is 0 Å². The molecule has 2 N–H and O–H groups in total. The molecule has 2 aromatic rings. The lowest BCUT2D eigenvalue weighted by atomic mass is 9.84. The number of likely N-dealkylation sites (tertiary alicyclic amines) is 1. The van der Waals surface area contributed by atoms with E-state index in [-0.39, 0.29) is 29.8 Å². The fraction of sp³-hybridized carbons (Fsp3) is 0.364. The van der Waals surface area contributed by atoms with Gasteiger partial charge in [0.2, 0.25) is 5.91 Å². The zero-order valence-electron chi connectivity index (χ0n) is 16.2. The van der Waals surface area contributed by atoms with Crippen LogP contribution in [0.5, 0.6) is 0 Å². The third-order valence-electron chi connectivity index (χ3n) is 4.90. The molecule has 6 heteroatoms. The van der Waals surface area contributed by atoms with Gasteiger partial charge in [0.05, 0.1) is 5.92 Å². The van der Waals surface area contributed by atoms with E-state index in [0.29, 0.717) is 30.2 Å². The van der Waals surface area contributed by atoms with E-state index >= 15 is 0 Å². The van der Waals surface area contributed by atoms with Gasteiger partial charge >= 0.3 is 6.03 Å². The van der Waals surface area contributed by atoms with Gasteiger partial charge in [0.1, 0.15) is 0 Å². The summed E-state index contributed by atoms with van der Waals surface area (Å²) in [6.07, 6.45) is 0.703. The third kappa shape index (κ3) is 5.26. The van der Waals surface area contributed by atoms with E-state index in [0.717, 1.165) is 5.56 Å². The molecule has 1 aliphatic rings. The summed E-state index contributed by atoms with van der Waals surface area (Å²) in [5, 5.41) is 6.52. The van der Waals surface area contributed by atoms with Gasteiger partial charge in [-0.05, 0) is 50.1 Å². The van der Waals surface area contributed by atoms with Crippen molar-refractivity contribution in [2.24, 2.45) is 5.92 Å². The van der Waals surface area contributed by atoms with Crippen molar-refractivity contribution in [3.63, 3.8) is 0 Å². The molecule has 28 heavy (non-hydrogen) atoms. The van der Waals surface area contributed by atoms with Crippen molar-refractivity contribution in [2.45, 2.75) is 32.2 Å². The van der Waals surface area contributed by atoms with Crippen LogP contribution in [0.25, 0.3) is 0 Å². The molecule has 0 saturated carbocycles. The summed E-state index contributed by atoms with van der Waals surface area (Å²) in [5.41, 5.74) is 1.85. The van der Waals surface area contributed by atoms with Crippen molar-refractivity contribution < 1.29 is 9.59 Å². The average Bonchev–Trinajstić information content (AvgIpc) is 2.69. The van der Waals surface area contributed by atoms with Crippen molar-refractivity contribution in [1.29, 1.82) is 0 Å². The Morgan fingerprint density at radius 1 is 1.04 bits per heavy atom. The molecule has 0 spiro atoms. The van der Waals surface area contributed by atoms with Crippen LogP contribution in [0.1, 0.15) is 31.7 Å². The molecule has 1 saturated heterocycles. The van der Waals surface area contributed by atoms with Gasteiger partial charge in [-0.15, -0.1) is 0 Å². The number of rotatable bonds is 4. The van der Waals surface area contributed by atoms with Crippen LogP contribution in [0.4, 0.5) is 10.5 Å². The summed E-state index contributed by atoms with van der Waals surface area (Å²) in [4.78, 5) is 27.3. The highest BCUT2D eigenvalue weighted by atomic mass is 35.5. The van der Waals surface area contributed by atoms with Crippen molar-refractivity contribution in [1.82, 2.24) is 10.2 Å². The fourth-order valence-corrected chi connectivity index (χ4v) is 3.66. The standard InChI is InChI=1S/C22H26ClN3O2/c1-15(2)24-22(28)26-13-17(16-6-4-3-5-7-16)12-18(14-26)21(27)25-20-10-8-19(23)9-11-20/h3-11,15,17-18H,12-14H2,1-2H3,(H,24,28)(H,25,27). The molecule has 3 amide bonds. The highest BCUT2D eigenvalue weighted by molar-refractivity contribution is 6.30. The SMILES string of the molecule is CC(C)NC(=O)N1CC(C(=O)Nc2ccc(Cl)cc2)CC(c2ccccc2)C1. The Hall–Kier alpha value is -2.53. The first kappa shape index (κ1) is 20.2. The van der Waals surface area contributed by atoms with E-state index in [1.165, 1.54) is 0 Å². The monoisotopic (exact) mass is 399 g/mol. The molecular formula is C22H26ClN3O2. The number of hydrogen-bond donors (Lipinski definition) is 2. The summed E-state index contributed by atoms with van der Waals surface area (Å²) < 4.78 is 0. The second-order valence-corrected chi connectivity index (χ2v) is 7.98. The minimum absolute atomic E-state index is 0.0472. The van der Waals surface area contributed by atoms with Crippen molar-refractivity contribution in [3.8, 4) is 0 Å². The van der Waals surface area contributed by atoms with Crippen LogP contribution in [0.2, 0.25) is 5.02 Å². The average molecular weight is 400 g/mol. The summed E-state index contributed by atoms with van der Waals surface area (Å²) in [5.74, 6) is -0.244. The molecule has 2 aromatic carbocycles. The number of halogens is 1. The van der Waals surface area contributed by atoms with E-state index in [9.17, 15) is 9.59 Å². The van der Waals surface area contributed by atoms with Crippen molar-refractivity contribution in [3.05, 3.63) is 65.2 Å². The topological polar surface area (TPSA) is 61.4 Å². The van der Waals surface area contributed by atoms with Crippen molar-refractivity contribution in [2.75, 3.05) is 18.4 Å². The molecule has 1 fully saturated rings. The minimum atomic E-state index is -0.285. The normalized spacial score (nSPS) is 19.4. The number of urea groups is 1. The second-order valence-electron chi connectivity index (χ2n) is 7.55. The number of nitrogens with zero attached hydrogens (tertiary/aromatic N) is 1. The molecule has 1 heterocycles. The number of carbonyl (C=O) groups excluding carboxylic acids is 2. The van der Waals surface area contributed by atoms with Gasteiger partial charge in [0.25, 0.3) is 0 Å². The van der Waals surface area contributed by atoms with E-state index in [1.807, 2.05) is 32.0 Å². The molecule has 0 aromatic heterocycles. The number of carbonyl (C=O) groups is 2. The lowest BCUT2D eigenvalue weighted by Gasteiger charge is -2.37. The number of nitrogens with one attached hydrogen (secondary N) is 2. The highest BCUT2D eigenvalue weighted by Crippen LogP contribution is 2.31. The molecule has 1 aliphatic heterocycles. The first-order valence-electron chi connectivity index (χ1n) is 9.59. The summed E-state index contributed by atoms with van der Waals surface area (Å²) in [7, 11) is 0. The Morgan fingerprint density at radius 2 is 1.71 bits per heavy atom. The van der Waals surface area contributed by atoms with Gasteiger partial charge in [-0.1, -0.05) is 41.9 Å². The van der Waals surface area contributed by atoms with E-state index in [4.69, 9.17) is 11.6 Å². The lowest BCUT2D eigenvalue weighted by Crippen LogP contribution is -2.51. The molecule has 0 aliphatic carbocycles. The molecular weight excluding hydrogens is 374 g/mol. The van der Waals surface area contributed by atoms with Gasteiger partial charge in [-0.2, -0.15) is 0 Å². The quantitative estimate of drug-likeness (QED) is 0.794. The Bertz CT molecular complexity index is 808. The maximum absolute atomic E-state index is 12.9. The molecule has 0 radical (unpaired) electrons. The first-order valence-corrected chi connectivity index (χ1v) is 9.97. The van der Waals surface area contributed by atoms with Crippen LogP contribution in [-0.4, -0.2) is 36.0 Å². The predicted octanol–water partition coefficient (Wildman–Crippen LogP) is 4.50. The van der Waals surface area contributed by atoms with Gasteiger partial charge in [-0.25, -0.2) is 4.79 Å². The molecule has 0 bridgehead atoms. The number of benzene rings is 2. The zero-order chi connectivity index (χ0) is 20.1. The van der Waals surface area contributed by atoms with E-state index < -0.39 is 0 Å². The molecule has 5 nitrogen and oxygen atoms in total. The van der Waals surface area contributed by atoms with Crippen LogP contribution in [0.15, 0.2) is 54.6 Å². The number of piperidine rings is 1. The van der Waals surface area contributed by atoms with Gasteiger partial charge in [-0.3, -0.25) is 4.79 Å². The first-order chi connectivity index (χ1) is 13.4. The zero-order valence-corrected chi connectivity index (χ0v) is 16.9. The Morgan fingerprint density at radius 3 is 2.36 bits per heavy atom. The fourth-order valence-electron chi connectivity index (χ4n) is 3.54.